The highest BCUT2D eigenvalue weighted by Gasteiger charge is 2.31. The van der Waals surface area contributed by atoms with Crippen molar-refractivity contribution in [2.75, 3.05) is 20.2 Å². The second-order valence-electron chi connectivity index (χ2n) is 6.66. The maximum Gasteiger partial charge on any atom is 0.243 e. The fourth-order valence-electron chi connectivity index (χ4n) is 3.14. The minimum absolute atomic E-state index is 0.0194. The van der Waals surface area contributed by atoms with Crippen LogP contribution < -0.4 is 10.2 Å². The Balaban J connectivity index is 1.54. The summed E-state index contributed by atoms with van der Waals surface area (Å²) in [5.41, 5.74) is 3.15. The molecule has 1 aliphatic heterocycles. The molecule has 2 aromatic carbocycles. The molecule has 0 spiro atoms. The van der Waals surface area contributed by atoms with E-state index < -0.39 is 10.0 Å². The molecule has 1 heterocycles. The van der Waals surface area contributed by atoms with Crippen LogP contribution in [0.1, 0.15) is 18.4 Å². The van der Waals surface area contributed by atoms with Crippen LogP contribution in [-0.4, -0.2) is 50.2 Å². The quantitative estimate of drug-likeness (QED) is 0.552. The Morgan fingerprint density at radius 1 is 1.21 bits per heavy atom. The topological polar surface area (TPSA) is 108 Å². The number of hydrazone groups is 1. The van der Waals surface area contributed by atoms with Gasteiger partial charge in [0, 0.05) is 19.0 Å². The Hall–Kier alpha value is -2.91. The molecule has 2 N–H and O–H groups in total. The molecular formula is C20H23N3O5S. The molecule has 3 rings (SSSR count). The van der Waals surface area contributed by atoms with Gasteiger partial charge in [0.15, 0.2) is 11.5 Å². The summed E-state index contributed by atoms with van der Waals surface area (Å²) < 4.78 is 31.7. The first-order valence-electron chi connectivity index (χ1n) is 9.17. The van der Waals surface area contributed by atoms with Crippen molar-refractivity contribution >= 4 is 22.1 Å². The fraction of sp³-hybridized carbons (Fsp3) is 0.300. The molecule has 0 aromatic heterocycles. The average molecular weight is 417 g/mol. The number of aromatic hydroxyl groups is 1. The van der Waals surface area contributed by atoms with Crippen LogP contribution in [0.3, 0.4) is 0 Å². The fourth-order valence-corrected chi connectivity index (χ4v) is 4.63. The van der Waals surface area contributed by atoms with E-state index in [9.17, 15) is 18.3 Å². The third kappa shape index (κ3) is 4.93. The number of benzene rings is 2. The van der Waals surface area contributed by atoms with Gasteiger partial charge in [-0.1, -0.05) is 18.2 Å². The second-order valence-corrected chi connectivity index (χ2v) is 8.59. The van der Waals surface area contributed by atoms with Crippen LogP contribution in [0.15, 0.2) is 58.5 Å². The Morgan fingerprint density at radius 2 is 1.90 bits per heavy atom. The third-order valence-electron chi connectivity index (χ3n) is 4.80. The predicted octanol–water partition coefficient (Wildman–Crippen LogP) is 1.95. The minimum atomic E-state index is -3.53. The molecule has 1 amide bonds. The van der Waals surface area contributed by atoms with Crippen molar-refractivity contribution < 1.29 is 23.1 Å². The number of phenolic OH excluding ortho intramolecular Hbond substituents is 1. The number of hydrogen-bond donors (Lipinski definition) is 2. The number of phenols is 1. The van der Waals surface area contributed by atoms with E-state index in [1.807, 2.05) is 0 Å². The first-order chi connectivity index (χ1) is 13.9. The van der Waals surface area contributed by atoms with Crippen LogP contribution in [0.2, 0.25) is 0 Å². The Bertz CT molecular complexity index is 984. The summed E-state index contributed by atoms with van der Waals surface area (Å²) in [7, 11) is -2.09. The van der Waals surface area contributed by atoms with Crippen molar-refractivity contribution in [2.24, 2.45) is 11.0 Å². The number of nitrogens with zero attached hydrogens (tertiary/aromatic N) is 2. The number of piperidine rings is 1. The van der Waals surface area contributed by atoms with Crippen molar-refractivity contribution in [3.63, 3.8) is 0 Å². The lowest BCUT2D eigenvalue weighted by atomic mass is 9.98. The van der Waals surface area contributed by atoms with E-state index in [-0.39, 0.29) is 35.6 Å². The van der Waals surface area contributed by atoms with Crippen LogP contribution in [0.5, 0.6) is 11.5 Å². The van der Waals surface area contributed by atoms with Crippen LogP contribution in [0.25, 0.3) is 0 Å². The zero-order chi connectivity index (χ0) is 20.9. The Labute approximate surface area is 169 Å². The number of carbonyl (C=O) groups excluding carboxylic acids is 1. The van der Waals surface area contributed by atoms with Crippen LogP contribution in [0.4, 0.5) is 0 Å². The van der Waals surface area contributed by atoms with E-state index in [0.717, 1.165) is 0 Å². The molecule has 154 valence electrons. The smallest absolute Gasteiger partial charge is 0.243 e. The zero-order valence-electron chi connectivity index (χ0n) is 16.0. The van der Waals surface area contributed by atoms with Crippen LogP contribution in [0, 0.1) is 5.92 Å². The monoisotopic (exact) mass is 417 g/mol. The number of methoxy groups -OCH3 is 1. The Kier molecular flexibility index (Phi) is 6.50. The summed E-state index contributed by atoms with van der Waals surface area (Å²) >= 11 is 0. The Morgan fingerprint density at radius 3 is 2.55 bits per heavy atom. The minimum Gasteiger partial charge on any atom is -0.504 e. The number of sulfonamides is 1. The van der Waals surface area contributed by atoms with Gasteiger partial charge < -0.3 is 9.84 Å². The molecule has 0 atom stereocenters. The van der Waals surface area contributed by atoms with E-state index in [1.165, 1.54) is 23.7 Å². The summed E-state index contributed by atoms with van der Waals surface area (Å²) in [5, 5.41) is 13.5. The number of rotatable bonds is 6. The molecular weight excluding hydrogens is 394 g/mol. The largest absolute Gasteiger partial charge is 0.504 e. The molecule has 1 aliphatic rings. The second kappa shape index (κ2) is 9.06. The van der Waals surface area contributed by atoms with Crippen molar-refractivity contribution in [2.45, 2.75) is 17.7 Å². The van der Waals surface area contributed by atoms with E-state index >= 15 is 0 Å². The van der Waals surface area contributed by atoms with Gasteiger partial charge >= 0.3 is 0 Å². The van der Waals surface area contributed by atoms with Crippen molar-refractivity contribution in [3.8, 4) is 11.5 Å². The number of hydrogen-bond acceptors (Lipinski definition) is 6. The van der Waals surface area contributed by atoms with Crippen LogP contribution in [-0.2, 0) is 14.8 Å². The third-order valence-corrected chi connectivity index (χ3v) is 6.71. The molecule has 0 saturated carbocycles. The highest BCUT2D eigenvalue weighted by Crippen LogP contribution is 2.26. The summed E-state index contributed by atoms with van der Waals surface area (Å²) in [6.45, 7) is 0.572. The lowest BCUT2D eigenvalue weighted by Crippen LogP contribution is -2.42. The van der Waals surface area contributed by atoms with Gasteiger partial charge in [-0.15, -0.1) is 0 Å². The van der Waals surface area contributed by atoms with Gasteiger partial charge in [-0.05, 0) is 48.7 Å². The first-order valence-corrected chi connectivity index (χ1v) is 10.6. The maximum absolute atomic E-state index is 12.6. The van der Waals surface area contributed by atoms with Gasteiger partial charge in [0.25, 0.3) is 0 Å². The van der Waals surface area contributed by atoms with Crippen LogP contribution >= 0.6 is 0 Å². The maximum atomic E-state index is 12.6. The lowest BCUT2D eigenvalue weighted by Gasteiger charge is -2.30. The molecule has 29 heavy (non-hydrogen) atoms. The number of carbonyl (C=O) groups is 1. The molecule has 0 aliphatic carbocycles. The molecule has 0 radical (unpaired) electrons. The summed E-state index contributed by atoms with van der Waals surface area (Å²) in [4.78, 5) is 12.6. The molecule has 1 saturated heterocycles. The van der Waals surface area contributed by atoms with Gasteiger partial charge in [0.2, 0.25) is 15.9 Å². The zero-order valence-corrected chi connectivity index (χ0v) is 16.8. The summed E-state index contributed by atoms with van der Waals surface area (Å²) in [6.07, 6.45) is 2.32. The molecule has 0 bridgehead atoms. The SMILES string of the molecule is COc1cc(/C=N/NC(=O)C2CCN(S(=O)(=O)c3ccccc3)CC2)ccc1O. The van der Waals surface area contributed by atoms with E-state index in [4.69, 9.17) is 4.74 Å². The molecule has 0 unspecified atom stereocenters. The lowest BCUT2D eigenvalue weighted by molar-refractivity contribution is -0.126. The molecule has 2 aromatic rings. The normalized spacial score (nSPS) is 16.0. The number of nitrogens with one attached hydrogen (secondary N) is 1. The van der Waals surface area contributed by atoms with Crippen molar-refractivity contribution in [1.82, 2.24) is 9.73 Å². The van der Waals surface area contributed by atoms with Gasteiger partial charge in [-0.2, -0.15) is 9.41 Å². The predicted molar refractivity (Wildman–Crippen MR) is 108 cm³/mol. The average Bonchev–Trinajstić information content (AvgIpc) is 2.75. The molecule has 8 nitrogen and oxygen atoms in total. The summed E-state index contributed by atoms with van der Waals surface area (Å²) in [6, 6.07) is 13.0. The van der Waals surface area contributed by atoms with E-state index in [0.29, 0.717) is 24.2 Å². The number of ether oxygens (including phenoxy) is 1. The summed E-state index contributed by atoms with van der Waals surface area (Å²) in [5.74, 6) is -0.217. The van der Waals surface area contributed by atoms with Gasteiger partial charge in [0.1, 0.15) is 0 Å². The van der Waals surface area contributed by atoms with Gasteiger partial charge in [-0.25, -0.2) is 13.8 Å². The highest BCUT2D eigenvalue weighted by atomic mass is 32.2. The van der Waals surface area contributed by atoms with E-state index in [1.54, 1.807) is 42.5 Å². The van der Waals surface area contributed by atoms with Crippen molar-refractivity contribution in [3.05, 3.63) is 54.1 Å². The number of amides is 1. The van der Waals surface area contributed by atoms with Gasteiger partial charge in [0.05, 0.1) is 18.2 Å². The van der Waals surface area contributed by atoms with Gasteiger partial charge in [-0.3, -0.25) is 4.79 Å². The molecule has 1 fully saturated rings. The molecule has 9 heteroatoms. The van der Waals surface area contributed by atoms with E-state index in [2.05, 4.69) is 10.5 Å². The highest BCUT2D eigenvalue weighted by molar-refractivity contribution is 7.89. The van der Waals surface area contributed by atoms with Crippen molar-refractivity contribution in [1.29, 1.82) is 0 Å². The standard InChI is InChI=1S/C20H23N3O5S/c1-28-19-13-15(7-8-18(19)24)14-21-22-20(25)16-9-11-23(12-10-16)29(26,27)17-5-3-2-4-6-17/h2-8,13-14,16,24H,9-12H2,1H3,(H,22,25)/b21-14+. The first kappa shape index (κ1) is 20.8.